The van der Waals surface area contributed by atoms with Gasteiger partial charge in [-0.25, -0.2) is 13.8 Å². The number of aromatic nitrogens is 2. The van der Waals surface area contributed by atoms with Crippen LogP contribution in [-0.2, 0) is 6.54 Å². The summed E-state index contributed by atoms with van der Waals surface area (Å²) >= 11 is 3.04. The molecular weight excluding hydrogens is 340 g/mol. The van der Waals surface area contributed by atoms with Crippen LogP contribution >= 0.6 is 15.9 Å². The lowest BCUT2D eigenvalue weighted by Crippen LogP contribution is -2.06. The monoisotopic (exact) mass is 349 g/mol. The zero-order chi connectivity index (χ0) is 14.8. The molecule has 0 amide bonds. The molecule has 0 fully saturated rings. The third-order valence-corrected chi connectivity index (χ3v) is 3.41. The van der Waals surface area contributed by atoms with Crippen molar-refractivity contribution in [2.24, 2.45) is 0 Å². The highest BCUT2D eigenvalue weighted by Gasteiger charge is 2.10. The highest BCUT2D eigenvalue weighted by atomic mass is 79.9. The number of fused-ring (bicyclic) bond motifs is 1. The van der Waals surface area contributed by atoms with Gasteiger partial charge in [0.05, 0.1) is 29.5 Å². The second-order valence-corrected chi connectivity index (χ2v) is 5.36. The number of hydrogen-bond donors (Lipinski definition) is 1. The molecule has 0 aliphatic rings. The van der Waals surface area contributed by atoms with Crippen LogP contribution in [0.4, 0.5) is 14.5 Å². The van der Waals surface area contributed by atoms with E-state index in [2.05, 4.69) is 31.2 Å². The Hall–Kier alpha value is -2.08. The van der Waals surface area contributed by atoms with Crippen molar-refractivity contribution < 1.29 is 8.78 Å². The van der Waals surface area contributed by atoms with Crippen molar-refractivity contribution in [2.45, 2.75) is 6.54 Å². The summed E-state index contributed by atoms with van der Waals surface area (Å²) in [6.45, 7) is 0.188. The fourth-order valence-electron chi connectivity index (χ4n) is 1.97. The fraction of sp³-hybridized carbons (Fsp3) is 0.0667. The van der Waals surface area contributed by atoms with Crippen molar-refractivity contribution in [2.75, 3.05) is 5.32 Å². The molecule has 1 aromatic heterocycles. The summed E-state index contributed by atoms with van der Waals surface area (Å²) < 4.78 is 27.8. The molecule has 0 unspecified atom stereocenters. The largest absolute Gasteiger partial charge is 0.375 e. The van der Waals surface area contributed by atoms with Crippen LogP contribution in [0.1, 0.15) is 5.69 Å². The number of nitrogens with one attached hydrogen (secondary N) is 1. The lowest BCUT2D eigenvalue weighted by Gasteiger charge is -2.09. The van der Waals surface area contributed by atoms with Gasteiger partial charge < -0.3 is 5.32 Å². The van der Waals surface area contributed by atoms with E-state index in [0.717, 1.165) is 11.0 Å². The molecule has 0 radical (unpaired) electrons. The van der Waals surface area contributed by atoms with Crippen LogP contribution < -0.4 is 5.32 Å². The maximum atomic E-state index is 13.7. The van der Waals surface area contributed by atoms with Crippen LogP contribution in [0, 0.1) is 11.6 Å². The van der Waals surface area contributed by atoms with Crippen molar-refractivity contribution >= 4 is 32.7 Å². The Labute approximate surface area is 128 Å². The highest BCUT2D eigenvalue weighted by Crippen LogP contribution is 2.24. The zero-order valence-corrected chi connectivity index (χ0v) is 12.4. The first-order chi connectivity index (χ1) is 10.1. The zero-order valence-electron chi connectivity index (χ0n) is 10.8. The molecule has 1 N–H and O–H groups in total. The molecule has 3 rings (SSSR count). The van der Waals surface area contributed by atoms with Gasteiger partial charge >= 0.3 is 0 Å². The fourth-order valence-corrected chi connectivity index (χ4v) is 2.37. The molecular formula is C15H10BrF2N3. The van der Waals surface area contributed by atoms with Crippen LogP contribution in [0.5, 0.6) is 0 Å². The SMILES string of the molecule is Fc1cc(Br)cc(F)c1NCc1cnc2ccccc2n1. The molecule has 0 aliphatic heterocycles. The minimum Gasteiger partial charge on any atom is -0.375 e. The minimum atomic E-state index is -0.657. The molecule has 0 aliphatic carbocycles. The van der Waals surface area contributed by atoms with Crippen LogP contribution in [0.3, 0.4) is 0 Å². The Morgan fingerprint density at radius 3 is 2.43 bits per heavy atom. The highest BCUT2D eigenvalue weighted by molar-refractivity contribution is 9.10. The van der Waals surface area contributed by atoms with Gasteiger partial charge in [0.15, 0.2) is 0 Å². The standard InChI is InChI=1S/C15H10BrF2N3/c16-9-5-11(17)15(12(18)6-9)20-8-10-7-19-13-3-1-2-4-14(13)21-10/h1-7,20H,8H2. The van der Waals surface area contributed by atoms with Crippen molar-refractivity contribution in [1.82, 2.24) is 9.97 Å². The van der Waals surface area contributed by atoms with E-state index in [0.29, 0.717) is 10.2 Å². The molecule has 0 atom stereocenters. The summed E-state index contributed by atoms with van der Waals surface area (Å²) in [5, 5.41) is 2.72. The summed E-state index contributed by atoms with van der Waals surface area (Å²) in [6, 6.07) is 9.85. The molecule has 0 bridgehead atoms. The molecule has 106 valence electrons. The predicted molar refractivity (Wildman–Crippen MR) is 80.9 cm³/mol. The number of para-hydroxylation sites is 2. The third-order valence-electron chi connectivity index (χ3n) is 2.95. The van der Waals surface area contributed by atoms with E-state index in [4.69, 9.17) is 0 Å². The normalized spacial score (nSPS) is 10.8. The van der Waals surface area contributed by atoms with Gasteiger partial charge in [0.2, 0.25) is 0 Å². The summed E-state index contributed by atoms with van der Waals surface area (Å²) in [6.07, 6.45) is 1.59. The van der Waals surface area contributed by atoms with E-state index in [1.165, 1.54) is 12.1 Å². The molecule has 0 spiro atoms. The van der Waals surface area contributed by atoms with Crippen molar-refractivity contribution in [1.29, 1.82) is 0 Å². The molecule has 0 saturated carbocycles. The van der Waals surface area contributed by atoms with Crippen LogP contribution in [0.2, 0.25) is 0 Å². The van der Waals surface area contributed by atoms with E-state index in [9.17, 15) is 8.78 Å². The average Bonchev–Trinajstić information content (AvgIpc) is 2.46. The van der Waals surface area contributed by atoms with Crippen molar-refractivity contribution in [3.8, 4) is 0 Å². The van der Waals surface area contributed by atoms with Gasteiger partial charge in [-0.3, -0.25) is 4.98 Å². The van der Waals surface area contributed by atoms with Gasteiger partial charge in [0.25, 0.3) is 0 Å². The van der Waals surface area contributed by atoms with Gasteiger partial charge in [-0.05, 0) is 24.3 Å². The topological polar surface area (TPSA) is 37.8 Å². The molecule has 0 saturated heterocycles. The molecule has 1 heterocycles. The molecule has 3 aromatic rings. The lowest BCUT2D eigenvalue weighted by molar-refractivity contribution is 0.586. The van der Waals surface area contributed by atoms with Gasteiger partial charge in [0, 0.05) is 4.47 Å². The van der Waals surface area contributed by atoms with E-state index in [-0.39, 0.29) is 12.2 Å². The average molecular weight is 350 g/mol. The summed E-state index contributed by atoms with van der Waals surface area (Å²) in [5.74, 6) is -1.31. The first kappa shape index (κ1) is 13.9. The Balaban J connectivity index is 1.83. The third kappa shape index (κ3) is 3.00. The van der Waals surface area contributed by atoms with E-state index in [1.807, 2.05) is 24.3 Å². The second kappa shape index (κ2) is 5.73. The molecule has 6 heteroatoms. The molecule has 21 heavy (non-hydrogen) atoms. The number of nitrogens with zero attached hydrogens (tertiary/aromatic N) is 2. The Kier molecular flexibility index (Phi) is 3.79. The van der Waals surface area contributed by atoms with Gasteiger partial charge in [-0.15, -0.1) is 0 Å². The Morgan fingerprint density at radius 1 is 1.05 bits per heavy atom. The van der Waals surface area contributed by atoms with E-state index in [1.54, 1.807) is 6.20 Å². The van der Waals surface area contributed by atoms with Crippen molar-refractivity contribution in [3.05, 3.63) is 64.4 Å². The minimum absolute atomic E-state index is 0.173. The number of benzene rings is 2. The van der Waals surface area contributed by atoms with Crippen molar-refractivity contribution in [3.63, 3.8) is 0 Å². The van der Waals surface area contributed by atoms with E-state index >= 15 is 0 Å². The molecule has 3 nitrogen and oxygen atoms in total. The quantitative estimate of drug-likeness (QED) is 0.766. The lowest BCUT2D eigenvalue weighted by atomic mass is 10.2. The maximum absolute atomic E-state index is 13.7. The van der Waals surface area contributed by atoms with Gasteiger partial charge in [-0.2, -0.15) is 0 Å². The smallest absolute Gasteiger partial charge is 0.150 e. The van der Waals surface area contributed by atoms with Gasteiger partial charge in [-0.1, -0.05) is 28.1 Å². The number of hydrogen-bond acceptors (Lipinski definition) is 3. The van der Waals surface area contributed by atoms with Crippen LogP contribution in [0.15, 0.2) is 47.1 Å². The Morgan fingerprint density at radius 2 is 1.71 bits per heavy atom. The summed E-state index contributed by atoms with van der Waals surface area (Å²) in [7, 11) is 0. The summed E-state index contributed by atoms with van der Waals surface area (Å²) in [4.78, 5) is 8.64. The Bertz CT molecular complexity index is 785. The van der Waals surface area contributed by atoms with E-state index < -0.39 is 11.6 Å². The predicted octanol–water partition coefficient (Wildman–Crippen LogP) is 4.28. The first-order valence-electron chi connectivity index (χ1n) is 6.22. The first-order valence-corrected chi connectivity index (χ1v) is 7.02. The van der Waals surface area contributed by atoms with Crippen LogP contribution in [0.25, 0.3) is 11.0 Å². The summed E-state index contributed by atoms with van der Waals surface area (Å²) in [5.41, 5.74) is 1.96. The number of halogens is 3. The maximum Gasteiger partial charge on any atom is 0.150 e. The van der Waals surface area contributed by atoms with Gasteiger partial charge in [0.1, 0.15) is 17.3 Å². The second-order valence-electron chi connectivity index (χ2n) is 4.45. The number of anilines is 1. The van der Waals surface area contributed by atoms with Crippen LogP contribution in [-0.4, -0.2) is 9.97 Å². The molecule has 2 aromatic carbocycles. The number of rotatable bonds is 3.